The van der Waals surface area contributed by atoms with E-state index >= 15 is 0 Å². The van der Waals surface area contributed by atoms with Gasteiger partial charge in [0.15, 0.2) is 5.82 Å². The van der Waals surface area contributed by atoms with Gasteiger partial charge in [0.1, 0.15) is 22.8 Å². The van der Waals surface area contributed by atoms with E-state index in [-0.39, 0.29) is 0 Å². The van der Waals surface area contributed by atoms with Crippen molar-refractivity contribution in [1.29, 1.82) is 0 Å². The van der Waals surface area contributed by atoms with E-state index in [1.807, 2.05) is 43.4 Å². The van der Waals surface area contributed by atoms with Gasteiger partial charge < -0.3 is 10.1 Å². The Kier molecular flexibility index (Phi) is 4.56. The molecule has 0 atom stereocenters. The standard InChI is InChI=1S/C20H16ClN5O/c1-22-19-14-9-12(13-5-3-4-6-15(13)21)10-17(27-2)18(14)25-20(26-19)16-11-23-7-8-24-16/h3-11H,1-2H3,(H,22,25,26). The fraction of sp³-hybridized carbons (Fsp3) is 0.100. The molecule has 0 fully saturated rings. The Labute approximate surface area is 161 Å². The third kappa shape index (κ3) is 3.15. The number of aromatic nitrogens is 4. The minimum atomic E-state index is 0.476. The molecule has 0 aliphatic carbocycles. The molecule has 0 unspecified atom stereocenters. The predicted molar refractivity (Wildman–Crippen MR) is 107 cm³/mol. The van der Waals surface area contributed by atoms with Gasteiger partial charge in [0, 0.05) is 35.4 Å². The highest BCUT2D eigenvalue weighted by molar-refractivity contribution is 6.33. The van der Waals surface area contributed by atoms with Crippen molar-refractivity contribution in [3.05, 3.63) is 60.0 Å². The van der Waals surface area contributed by atoms with Crippen LogP contribution in [-0.2, 0) is 0 Å². The van der Waals surface area contributed by atoms with Gasteiger partial charge in [-0.2, -0.15) is 0 Å². The fourth-order valence-electron chi connectivity index (χ4n) is 2.93. The molecule has 0 bridgehead atoms. The van der Waals surface area contributed by atoms with Crippen LogP contribution in [0.5, 0.6) is 5.75 Å². The van der Waals surface area contributed by atoms with Gasteiger partial charge in [-0.15, -0.1) is 0 Å². The average molecular weight is 378 g/mol. The molecule has 2 aromatic carbocycles. The summed E-state index contributed by atoms with van der Waals surface area (Å²) in [5.41, 5.74) is 3.12. The number of anilines is 1. The van der Waals surface area contributed by atoms with E-state index in [9.17, 15) is 0 Å². The second kappa shape index (κ2) is 7.17. The van der Waals surface area contributed by atoms with Crippen LogP contribution in [0.4, 0.5) is 5.82 Å². The van der Waals surface area contributed by atoms with Crippen LogP contribution in [0.3, 0.4) is 0 Å². The van der Waals surface area contributed by atoms with Gasteiger partial charge in [-0.1, -0.05) is 29.8 Å². The summed E-state index contributed by atoms with van der Waals surface area (Å²) in [6, 6.07) is 11.6. The van der Waals surface area contributed by atoms with Crippen LogP contribution in [0.25, 0.3) is 33.5 Å². The summed E-state index contributed by atoms with van der Waals surface area (Å²) in [5.74, 6) is 1.78. The first-order valence-corrected chi connectivity index (χ1v) is 8.68. The van der Waals surface area contributed by atoms with Crippen LogP contribution >= 0.6 is 11.6 Å². The maximum Gasteiger partial charge on any atom is 0.182 e. The molecule has 4 aromatic rings. The smallest absolute Gasteiger partial charge is 0.182 e. The van der Waals surface area contributed by atoms with E-state index in [0.717, 1.165) is 16.5 Å². The molecule has 1 N–H and O–H groups in total. The van der Waals surface area contributed by atoms with E-state index in [1.54, 1.807) is 25.7 Å². The van der Waals surface area contributed by atoms with Crippen molar-refractivity contribution >= 4 is 28.3 Å². The molecule has 2 heterocycles. The number of hydrogen-bond acceptors (Lipinski definition) is 6. The molecule has 27 heavy (non-hydrogen) atoms. The highest BCUT2D eigenvalue weighted by Crippen LogP contribution is 2.37. The Morgan fingerprint density at radius 2 is 1.93 bits per heavy atom. The van der Waals surface area contributed by atoms with Crippen LogP contribution in [0, 0.1) is 0 Å². The van der Waals surface area contributed by atoms with Crippen LogP contribution in [0.2, 0.25) is 5.02 Å². The van der Waals surface area contributed by atoms with Gasteiger partial charge in [0.2, 0.25) is 0 Å². The van der Waals surface area contributed by atoms with Crippen LogP contribution in [0.1, 0.15) is 0 Å². The molecule has 4 rings (SSSR count). The van der Waals surface area contributed by atoms with E-state index in [2.05, 4.69) is 25.3 Å². The monoisotopic (exact) mass is 377 g/mol. The number of hydrogen-bond donors (Lipinski definition) is 1. The molecule has 0 aliphatic rings. The first-order chi connectivity index (χ1) is 13.2. The molecule has 6 nitrogen and oxygen atoms in total. The SMILES string of the molecule is CNc1nc(-c2cnccn2)nc2c(OC)cc(-c3ccccc3Cl)cc12. The number of fused-ring (bicyclic) bond motifs is 1. The van der Waals surface area contributed by atoms with Gasteiger partial charge in [0.05, 0.1) is 13.3 Å². The third-order valence-electron chi connectivity index (χ3n) is 4.20. The number of nitrogens with zero attached hydrogens (tertiary/aromatic N) is 4. The first kappa shape index (κ1) is 17.2. The van der Waals surface area contributed by atoms with Gasteiger partial charge >= 0.3 is 0 Å². The summed E-state index contributed by atoms with van der Waals surface area (Å²) in [4.78, 5) is 17.7. The molecular weight excluding hydrogens is 362 g/mol. The van der Waals surface area contributed by atoms with Crippen molar-refractivity contribution in [3.8, 4) is 28.4 Å². The second-order valence-electron chi connectivity index (χ2n) is 5.79. The Morgan fingerprint density at radius 1 is 1.07 bits per heavy atom. The van der Waals surface area contributed by atoms with E-state index in [4.69, 9.17) is 16.3 Å². The quantitative estimate of drug-likeness (QED) is 0.566. The van der Waals surface area contributed by atoms with E-state index in [1.165, 1.54) is 0 Å². The molecule has 7 heteroatoms. The Morgan fingerprint density at radius 3 is 2.63 bits per heavy atom. The third-order valence-corrected chi connectivity index (χ3v) is 4.53. The van der Waals surface area contributed by atoms with Gasteiger partial charge in [-0.3, -0.25) is 4.98 Å². The fourth-order valence-corrected chi connectivity index (χ4v) is 3.17. The number of nitrogens with one attached hydrogen (secondary N) is 1. The predicted octanol–water partition coefficient (Wildman–Crippen LogP) is 4.46. The van der Waals surface area contributed by atoms with Crippen molar-refractivity contribution in [2.45, 2.75) is 0 Å². The number of benzene rings is 2. The molecule has 0 aliphatic heterocycles. The molecule has 0 amide bonds. The number of ether oxygens (including phenoxy) is 1. The zero-order valence-corrected chi connectivity index (χ0v) is 15.5. The molecule has 0 saturated heterocycles. The van der Waals surface area contributed by atoms with Crippen LogP contribution in [0.15, 0.2) is 55.0 Å². The van der Waals surface area contributed by atoms with Crippen molar-refractivity contribution in [2.75, 3.05) is 19.5 Å². The summed E-state index contributed by atoms with van der Waals surface area (Å²) in [6.45, 7) is 0. The van der Waals surface area contributed by atoms with Gasteiger partial charge in [-0.25, -0.2) is 15.0 Å². The molecule has 0 saturated carbocycles. The minimum Gasteiger partial charge on any atom is -0.494 e. The Bertz CT molecular complexity index is 1120. The van der Waals surface area contributed by atoms with Crippen molar-refractivity contribution in [1.82, 2.24) is 19.9 Å². The van der Waals surface area contributed by atoms with Gasteiger partial charge in [0.25, 0.3) is 0 Å². The first-order valence-electron chi connectivity index (χ1n) is 8.30. The second-order valence-corrected chi connectivity index (χ2v) is 6.20. The topological polar surface area (TPSA) is 72.8 Å². The number of methoxy groups -OCH3 is 1. The minimum absolute atomic E-state index is 0.476. The van der Waals surface area contributed by atoms with Crippen molar-refractivity contribution in [2.24, 2.45) is 0 Å². The molecule has 134 valence electrons. The summed E-state index contributed by atoms with van der Waals surface area (Å²) in [5, 5.41) is 4.64. The molecule has 0 radical (unpaired) electrons. The lowest BCUT2D eigenvalue weighted by Crippen LogP contribution is -2.01. The van der Waals surface area contributed by atoms with Gasteiger partial charge in [-0.05, 0) is 23.8 Å². The zero-order valence-electron chi connectivity index (χ0n) is 14.8. The van der Waals surface area contributed by atoms with Crippen LogP contribution in [-0.4, -0.2) is 34.1 Å². The Hall–Kier alpha value is -3.25. The highest BCUT2D eigenvalue weighted by Gasteiger charge is 2.16. The number of halogens is 1. The Balaban J connectivity index is 1.99. The maximum atomic E-state index is 6.38. The summed E-state index contributed by atoms with van der Waals surface area (Å²) in [7, 11) is 3.44. The summed E-state index contributed by atoms with van der Waals surface area (Å²) in [6.07, 6.45) is 4.85. The largest absolute Gasteiger partial charge is 0.494 e. The normalized spacial score (nSPS) is 10.8. The van der Waals surface area contributed by atoms with Crippen LogP contribution < -0.4 is 10.1 Å². The van der Waals surface area contributed by atoms with E-state index in [0.29, 0.717) is 33.6 Å². The lowest BCUT2D eigenvalue weighted by molar-refractivity contribution is 0.419. The summed E-state index contributed by atoms with van der Waals surface area (Å²) >= 11 is 6.38. The lowest BCUT2D eigenvalue weighted by Gasteiger charge is -2.13. The lowest BCUT2D eigenvalue weighted by atomic mass is 10.0. The highest BCUT2D eigenvalue weighted by atomic mass is 35.5. The summed E-state index contributed by atoms with van der Waals surface area (Å²) < 4.78 is 5.62. The molecule has 2 aromatic heterocycles. The molecular formula is C20H16ClN5O. The molecule has 0 spiro atoms. The zero-order chi connectivity index (χ0) is 18.8. The average Bonchev–Trinajstić information content (AvgIpc) is 2.73. The maximum absolute atomic E-state index is 6.38. The number of rotatable bonds is 4. The van der Waals surface area contributed by atoms with Crippen molar-refractivity contribution < 1.29 is 4.74 Å². The van der Waals surface area contributed by atoms with Crippen molar-refractivity contribution in [3.63, 3.8) is 0 Å². The van der Waals surface area contributed by atoms with E-state index < -0.39 is 0 Å².